The lowest BCUT2D eigenvalue weighted by atomic mass is 10.0. The molecule has 1 aromatic carbocycles. The molecule has 92 valence electrons. The summed E-state index contributed by atoms with van der Waals surface area (Å²) in [4.78, 5) is 23.6. The van der Waals surface area contributed by atoms with Crippen LogP contribution in [0.2, 0.25) is 0 Å². The van der Waals surface area contributed by atoms with Crippen LogP contribution in [0, 0.1) is 0 Å². The molecular weight excluding hydrogens is 260 g/mol. The van der Waals surface area contributed by atoms with Crippen molar-refractivity contribution in [2.24, 2.45) is 0 Å². The van der Waals surface area contributed by atoms with E-state index in [1.165, 1.54) is 0 Å². The zero-order valence-corrected chi connectivity index (χ0v) is 11.1. The van der Waals surface area contributed by atoms with E-state index in [0.29, 0.717) is 22.6 Å². The van der Waals surface area contributed by atoms with Crippen LogP contribution in [-0.2, 0) is 16.0 Å². The third-order valence-corrected chi connectivity index (χ3v) is 2.89. The summed E-state index contributed by atoms with van der Waals surface area (Å²) >= 11 is 9.70. The van der Waals surface area contributed by atoms with Gasteiger partial charge in [0.25, 0.3) is 0 Å². The van der Waals surface area contributed by atoms with Crippen LogP contribution in [0.4, 0.5) is 0 Å². The van der Waals surface area contributed by atoms with E-state index < -0.39 is 5.97 Å². The number of carbonyl (C=O) groups is 2. The van der Waals surface area contributed by atoms with Crippen molar-refractivity contribution in [2.45, 2.75) is 18.2 Å². The highest BCUT2D eigenvalue weighted by Crippen LogP contribution is 2.20. The van der Waals surface area contributed by atoms with Crippen LogP contribution in [-0.4, -0.2) is 24.2 Å². The summed E-state index contributed by atoms with van der Waals surface area (Å²) < 4.78 is 4.92. The van der Waals surface area contributed by atoms with Crippen molar-refractivity contribution in [3.8, 4) is 0 Å². The van der Waals surface area contributed by atoms with E-state index in [2.05, 4.69) is 12.6 Å². The van der Waals surface area contributed by atoms with Crippen molar-refractivity contribution in [1.82, 2.24) is 0 Å². The number of alkyl halides is 1. The Morgan fingerprint density at radius 1 is 1.41 bits per heavy atom. The zero-order chi connectivity index (χ0) is 12.8. The molecular formula is C12H13ClO3S. The molecule has 0 aliphatic heterocycles. The second-order valence-electron chi connectivity index (χ2n) is 3.37. The molecule has 0 radical (unpaired) electrons. The number of ketones is 1. The van der Waals surface area contributed by atoms with Crippen molar-refractivity contribution >= 4 is 36.0 Å². The standard InChI is InChI=1S/C12H13ClO3S/c1-2-16-12(15)9-4-3-5-11(17)10(9)6-8(14)7-13/h3-5,17H,2,6-7H2,1H3. The van der Waals surface area contributed by atoms with Crippen LogP contribution in [0.3, 0.4) is 0 Å². The molecule has 0 amide bonds. The first kappa shape index (κ1) is 14.1. The van der Waals surface area contributed by atoms with E-state index in [9.17, 15) is 9.59 Å². The molecule has 0 unspecified atom stereocenters. The Labute approximate surface area is 111 Å². The van der Waals surface area contributed by atoms with E-state index in [0.717, 1.165) is 0 Å². The number of esters is 1. The average molecular weight is 273 g/mol. The van der Waals surface area contributed by atoms with E-state index >= 15 is 0 Å². The minimum Gasteiger partial charge on any atom is -0.462 e. The second-order valence-corrected chi connectivity index (χ2v) is 4.12. The molecule has 5 heteroatoms. The molecule has 17 heavy (non-hydrogen) atoms. The first-order valence-corrected chi connectivity index (χ1v) is 6.14. The third kappa shape index (κ3) is 3.75. The molecule has 0 saturated heterocycles. The van der Waals surface area contributed by atoms with Gasteiger partial charge in [-0.25, -0.2) is 4.79 Å². The number of hydrogen-bond donors (Lipinski definition) is 1. The molecule has 3 nitrogen and oxygen atoms in total. The fourth-order valence-corrected chi connectivity index (χ4v) is 1.78. The Balaban J connectivity index is 3.08. The lowest BCUT2D eigenvalue weighted by Crippen LogP contribution is -2.12. The number of hydrogen-bond acceptors (Lipinski definition) is 4. The normalized spacial score (nSPS) is 10.1. The van der Waals surface area contributed by atoms with Crippen LogP contribution in [0.1, 0.15) is 22.8 Å². The zero-order valence-electron chi connectivity index (χ0n) is 9.40. The number of rotatable bonds is 5. The topological polar surface area (TPSA) is 43.4 Å². The fourth-order valence-electron chi connectivity index (χ4n) is 1.40. The maximum atomic E-state index is 11.7. The summed E-state index contributed by atoms with van der Waals surface area (Å²) in [5, 5.41) is 0. The van der Waals surface area contributed by atoms with Gasteiger partial charge in [0, 0.05) is 11.3 Å². The minimum atomic E-state index is -0.444. The van der Waals surface area contributed by atoms with Gasteiger partial charge in [0.05, 0.1) is 18.1 Å². The van der Waals surface area contributed by atoms with Gasteiger partial charge in [-0.05, 0) is 24.6 Å². The Kier molecular flexibility index (Phi) is 5.51. The number of benzene rings is 1. The SMILES string of the molecule is CCOC(=O)c1cccc(S)c1CC(=O)CCl. The molecule has 0 heterocycles. The number of thiol groups is 1. The van der Waals surface area contributed by atoms with Crippen molar-refractivity contribution in [3.63, 3.8) is 0 Å². The van der Waals surface area contributed by atoms with Crippen LogP contribution in [0.25, 0.3) is 0 Å². The summed E-state index contributed by atoms with van der Waals surface area (Å²) in [5.41, 5.74) is 0.942. The number of halogens is 1. The van der Waals surface area contributed by atoms with Crippen LogP contribution in [0.5, 0.6) is 0 Å². The van der Waals surface area contributed by atoms with Gasteiger partial charge >= 0.3 is 5.97 Å². The molecule has 0 bridgehead atoms. The molecule has 0 aromatic heterocycles. The average Bonchev–Trinajstić information content (AvgIpc) is 2.31. The van der Waals surface area contributed by atoms with Gasteiger partial charge < -0.3 is 4.74 Å². The highest BCUT2D eigenvalue weighted by atomic mass is 35.5. The summed E-state index contributed by atoms with van der Waals surface area (Å²) in [6, 6.07) is 5.04. The van der Waals surface area contributed by atoms with Gasteiger partial charge in [0.15, 0.2) is 5.78 Å². The molecule has 0 atom stereocenters. The Morgan fingerprint density at radius 3 is 2.71 bits per heavy atom. The monoisotopic (exact) mass is 272 g/mol. The molecule has 0 aliphatic carbocycles. The molecule has 0 aliphatic rings. The number of ether oxygens (including phenoxy) is 1. The van der Waals surface area contributed by atoms with Crippen LogP contribution in [0.15, 0.2) is 23.1 Å². The van der Waals surface area contributed by atoms with Gasteiger partial charge in [-0.2, -0.15) is 0 Å². The van der Waals surface area contributed by atoms with Crippen molar-refractivity contribution in [2.75, 3.05) is 12.5 Å². The second kappa shape index (κ2) is 6.67. The summed E-state index contributed by atoms with van der Waals surface area (Å²) in [6.07, 6.45) is 0.0946. The number of Topliss-reactive ketones (excluding diaryl/α,β-unsaturated/α-hetero) is 1. The first-order valence-electron chi connectivity index (χ1n) is 5.15. The van der Waals surface area contributed by atoms with Crippen molar-refractivity contribution in [3.05, 3.63) is 29.3 Å². The molecule has 0 fully saturated rings. The van der Waals surface area contributed by atoms with Crippen molar-refractivity contribution in [1.29, 1.82) is 0 Å². The van der Waals surface area contributed by atoms with Gasteiger partial charge in [0.2, 0.25) is 0 Å². The van der Waals surface area contributed by atoms with Gasteiger partial charge in [0.1, 0.15) is 0 Å². The molecule has 0 spiro atoms. The summed E-state index contributed by atoms with van der Waals surface area (Å²) in [7, 11) is 0. The van der Waals surface area contributed by atoms with Gasteiger partial charge in [-0.1, -0.05) is 6.07 Å². The van der Waals surface area contributed by atoms with E-state index in [1.807, 2.05) is 0 Å². The number of carbonyl (C=O) groups excluding carboxylic acids is 2. The smallest absolute Gasteiger partial charge is 0.338 e. The predicted molar refractivity (Wildman–Crippen MR) is 69.1 cm³/mol. The highest BCUT2D eigenvalue weighted by Gasteiger charge is 2.16. The Bertz CT molecular complexity index is 432. The Hall–Kier alpha value is -1.00. The van der Waals surface area contributed by atoms with Gasteiger partial charge in [-0.15, -0.1) is 24.2 Å². The van der Waals surface area contributed by atoms with E-state index in [1.54, 1.807) is 25.1 Å². The van der Waals surface area contributed by atoms with Crippen LogP contribution < -0.4 is 0 Å². The van der Waals surface area contributed by atoms with Crippen molar-refractivity contribution < 1.29 is 14.3 Å². The predicted octanol–water partition coefficient (Wildman–Crippen LogP) is 2.50. The molecule has 1 aromatic rings. The summed E-state index contributed by atoms with van der Waals surface area (Å²) in [6.45, 7) is 2.02. The third-order valence-electron chi connectivity index (χ3n) is 2.17. The van der Waals surface area contributed by atoms with E-state index in [-0.39, 0.29) is 18.1 Å². The summed E-state index contributed by atoms with van der Waals surface area (Å²) in [5.74, 6) is -0.677. The van der Waals surface area contributed by atoms with Crippen LogP contribution >= 0.6 is 24.2 Å². The lowest BCUT2D eigenvalue weighted by Gasteiger charge is -2.10. The minimum absolute atomic E-state index is 0.0790. The first-order chi connectivity index (χ1) is 8.10. The largest absolute Gasteiger partial charge is 0.462 e. The molecule has 0 saturated carbocycles. The van der Waals surface area contributed by atoms with E-state index in [4.69, 9.17) is 16.3 Å². The lowest BCUT2D eigenvalue weighted by molar-refractivity contribution is -0.116. The quantitative estimate of drug-likeness (QED) is 0.509. The molecule has 0 N–H and O–H groups in total. The van der Waals surface area contributed by atoms with Gasteiger partial charge in [-0.3, -0.25) is 4.79 Å². The Morgan fingerprint density at radius 2 is 2.12 bits per heavy atom. The molecule has 1 rings (SSSR count). The highest BCUT2D eigenvalue weighted by molar-refractivity contribution is 7.80. The fraction of sp³-hybridized carbons (Fsp3) is 0.333. The maximum absolute atomic E-state index is 11.7. The maximum Gasteiger partial charge on any atom is 0.338 e.